The van der Waals surface area contributed by atoms with Crippen molar-refractivity contribution in [1.82, 2.24) is 0 Å². The topological polar surface area (TPSA) is 305 Å². The van der Waals surface area contributed by atoms with Crippen LogP contribution in [0.2, 0.25) is 0 Å². The van der Waals surface area contributed by atoms with E-state index >= 15 is 0 Å². The van der Waals surface area contributed by atoms with Crippen LogP contribution in [0.15, 0.2) is 179 Å². The molecule has 6 saturated heterocycles. The highest BCUT2D eigenvalue weighted by Gasteiger charge is 2.17. The lowest BCUT2D eigenvalue weighted by Gasteiger charge is -2.17. The molecule has 0 saturated carbocycles. The zero-order valence-corrected chi connectivity index (χ0v) is 57.3. The molecule has 6 aliphatic heterocycles. The fraction of sp³-hybridized carbons (Fsp3) is 0.286. The summed E-state index contributed by atoms with van der Waals surface area (Å²) in [6.07, 6.45) is 24.7. The van der Waals surface area contributed by atoms with E-state index in [0.717, 1.165) is 112 Å². The quantitative estimate of drug-likeness (QED) is 0.103. The van der Waals surface area contributed by atoms with Crippen LogP contribution in [0, 0.1) is 136 Å². The molecule has 0 unspecified atom stereocenters. The minimum atomic E-state index is 0.138. The first-order valence-electron chi connectivity index (χ1n) is 34.2. The van der Waals surface area contributed by atoms with Crippen LogP contribution in [0.1, 0.15) is 110 Å². The Kier molecular flexibility index (Phi) is 31.4. The highest BCUT2D eigenvalue weighted by molar-refractivity contribution is 5.69. The number of rotatable bonds is 12. The summed E-state index contributed by atoms with van der Waals surface area (Å²) >= 11 is 0. The Bertz CT molecular complexity index is 3620. The summed E-state index contributed by atoms with van der Waals surface area (Å²) in [7, 11) is 0. The number of hydrogen-bond acceptors (Lipinski definition) is 18. The monoisotopic (exact) mass is 1340 g/mol. The van der Waals surface area contributed by atoms with E-state index in [2.05, 4.69) is 29.4 Å². The molecule has 0 N–H and O–H groups in total. The largest absolute Gasteiger partial charge is 0.372 e. The summed E-state index contributed by atoms with van der Waals surface area (Å²) in [5, 5.41) is 104. The normalized spacial score (nSPS) is 13.9. The van der Waals surface area contributed by atoms with Crippen molar-refractivity contribution in [3.05, 3.63) is 212 Å². The first kappa shape index (κ1) is 75.8. The minimum Gasteiger partial charge on any atom is -0.372 e. The van der Waals surface area contributed by atoms with Crippen molar-refractivity contribution < 1.29 is 0 Å². The maximum atomic E-state index is 8.67. The molecule has 0 aromatic heterocycles. The van der Waals surface area contributed by atoms with Crippen molar-refractivity contribution in [2.24, 2.45) is 0 Å². The Morgan fingerprint density at radius 3 is 0.363 bits per heavy atom. The first-order chi connectivity index (χ1) is 50.0. The van der Waals surface area contributed by atoms with Gasteiger partial charge in [0.25, 0.3) is 0 Å². The standard InChI is InChI=1S/6C14H13N3/c6*15-10-13(11-16)9-12-3-5-14(6-4-12)17-7-1-2-8-17/h6*3-6,9H,1-2,7-8H2. The molecule has 6 fully saturated rings. The van der Waals surface area contributed by atoms with Gasteiger partial charge in [-0.05, 0) is 220 Å². The number of allylic oxidation sites excluding steroid dienone is 6. The lowest BCUT2D eigenvalue weighted by molar-refractivity contribution is 0.949. The highest BCUT2D eigenvalue weighted by Crippen LogP contribution is 2.27. The van der Waals surface area contributed by atoms with Gasteiger partial charge in [-0.15, -0.1) is 0 Å². The lowest BCUT2D eigenvalue weighted by Crippen LogP contribution is -2.17. The van der Waals surface area contributed by atoms with Crippen molar-refractivity contribution in [3.63, 3.8) is 0 Å². The average molecular weight is 1340 g/mol. The second-order valence-electron chi connectivity index (χ2n) is 24.4. The molecule has 0 amide bonds. The summed E-state index contributed by atoms with van der Waals surface area (Å²) in [5.41, 5.74) is 13.5. The van der Waals surface area contributed by atoms with Crippen LogP contribution in [0.4, 0.5) is 34.1 Å². The van der Waals surface area contributed by atoms with Gasteiger partial charge in [0.15, 0.2) is 0 Å². The van der Waals surface area contributed by atoms with Crippen molar-refractivity contribution >= 4 is 70.6 Å². The fourth-order valence-corrected chi connectivity index (χ4v) is 12.1. The van der Waals surface area contributed by atoms with Crippen molar-refractivity contribution in [3.8, 4) is 72.8 Å². The summed E-state index contributed by atoms with van der Waals surface area (Å²) in [4.78, 5) is 14.1. The van der Waals surface area contributed by atoms with Crippen LogP contribution < -0.4 is 29.4 Å². The molecule has 0 bridgehead atoms. The molecule has 18 nitrogen and oxygen atoms in total. The van der Waals surface area contributed by atoms with E-state index in [9.17, 15) is 0 Å². The molecule has 0 aliphatic carbocycles. The van der Waals surface area contributed by atoms with E-state index in [1.54, 1.807) is 36.5 Å². The molecule has 0 spiro atoms. The zero-order valence-electron chi connectivity index (χ0n) is 57.3. The Labute approximate surface area is 600 Å². The van der Waals surface area contributed by atoms with Gasteiger partial charge in [0.05, 0.1) is 0 Å². The number of nitrogens with zero attached hydrogens (tertiary/aromatic N) is 18. The van der Waals surface area contributed by atoms with Crippen LogP contribution in [0.5, 0.6) is 0 Å². The van der Waals surface area contributed by atoms with Crippen LogP contribution in [0.3, 0.4) is 0 Å². The number of nitriles is 12. The minimum absolute atomic E-state index is 0.138. The molecule has 6 aromatic carbocycles. The smallest absolute Gasteiger partial charge is 0.130 e. The predicted molar refractivity (Wildman–Crippen MR) is 403 cm³/mol. The predicted octanol–water partition coefficient (Wildman–Crippen LogP) is 16.3. The average Bonchev–Trinajstić information content (AvgIpc) is 1.68. The number of anilines is 6. The molecule has 6 heterocycles. The van der Waals surface area contributed by atoms with Gasteiger partial charge in [-0.3, -0.25) is 0 Å². The van der Waals surface area contributed by atoms with E-state index < -0.39 is 0 Å². The number of benzene rings is 6. The van der Waals surface area contributed by atoms with E-state index in [1.807, 2.05) is 218 Å². The molecule has 0 atom stereocenters. The van der Waals surface area contributed by atoms with E-state index in [-0.39, 0.29) is 33.4 Å². The molecular weight excluding hydrogens is 1260 g/mol. The molecular formula is C84H78N18. The Morgan fingerprint density at radius 2 is 0.275 bits per heavy atom. The van der Waals surface area contributed by atoms with E-state index in [1.165, 1.54) is 111 Å². The Balaban J connectivity index is 0.000000172. The maximum absolute atomic E-state index is 8.67. The fourth-order valence-electron chi connectivity index (χ4n) is 12.1. The van der Waals surface area contributed by atoms with Gasteiger partial charge in [0.2, 0.25) is 0 Å². The van der Waals surface area contributed by atoms with Crippen molar-refractivity contribution in [2.75, 3.05) is 108 Å². The second-order valence-corrected chi connectivity index (χ2v) is 24.4. The van der Waals surface area contributed by atoms with Gasteiger partial charge in [0, 0.05) is 113 Å². The third kappa shape index (κ3) is 24.5. The summed E-state index contributed by atoms with van der Waals surface area (Å²) < 4.78 is 0. The SMILES string of the molecule is N#CC(C#N)=Cc1ccc(N2CCCC2)cc1.N#CC(C#N)=Cc1ccc(N2CCCC2)cc1.N#CC(C#N)=Cc1ccc(N2CCCC2)cc1.N#CC(C#N)=Cc1ccc(N2CCCC2)cc1.N#CC(C#N)=Cc1ccc(N2CCCC2)cc1.N#CC(C#N)=Cc1ccc(N2CCCC2)cc1. The highest BCUT2D eigenvalue weighted by atomic mass is 15.2. The van der Waals surface area contributed by atoms with Crippen molar-refractivity contribution in [2.45, 2.75) is 77.0 Å². The van der Waals surface area contributed by atoms with Gasteiger partial charge in [-0.1, -0.05) is 72.8 Å². The second kappa shape index (κ2) is 42.2. The molecule has 504 valence electrons. The van der Waals surface area contributed by atoms with Gasteiger partial charge in [-0.25, -0.2) is 0 Å². The molecule has 102 heavy (non-hydrogen) atoms. The van der Waals surface area contributed by atoms with Gasteiger partial charge >= 0.3 is 0 Å². The van der Waals surface area contributed by atoms with Crippen LogP contribution in [-0.4, -0.2) is 78.5 Å². The zero-order chi connectivity index (χ0) is 72.5. The molecule has 0 radical (unpaired) electrons. The molecule has 12 rings (SSSR count). The number of hydrogen-bond donors (Lipinski definition) is 0. The van der Waals surface area contributed by atoms with Crippen LogP contribution in [0.25, 0.3) is 36.5 Å². The third-order valence-electron chi connectivity index (χ3n) is 17.5. The van der Waals surface area contributed by atoms with E-state index in [4.69, 9.17) is 63.1 Å². The first-order valence-corrected chi connectivity index (χ1v) is 34.2. The van der Waals surface area contributed by atoms with Gasteiger partial charge < -0.3 is 29.4 Å². The maximum Gasteiger partial charge on any atom is 0.130 e. The summed E-state index contributed by atoms with van der Waals surface area (Å²) in [6, 6.07) is 70.2. The van der Waals surface area contributed by atoms with Crippen LogP contribution >= 0.6 is 0 Å². The van der Waals surface area contributed by atoms with Crippen molar-refractivity contribution in [1.29, 1.82) is 63.1 Å². The van der Waals surface area contributed by atoms with E-state index in [0.29, 0.717) is 0 Å². The Morgan fingerprint density at radius 1 is 0.176 bits per heavy atom. The van der Waals surface area contributed by atoms with Gasteiger partial charge in [-0.2, -0.15) is 63.1 Å². The third-order valence-corrected chi connectivity index (χ3v) is 17.5. The molecule has 18 heteroatoms. The summed E-state index contributed by atoms with van der Waals surface area (Å²) in [6.45, 7) is 13.5. The Hall–Kier alpha value is -13.6. The van der Waals surface area contributed by atoms with Crippen LogP contribution in [-0.2, 0) is 0 Å². The summed E-state index contributed by atoms with van der Waals surface area (Å²) in [5.74, 6) is 0. The lowest BCUT2D eigenvalue weighted by atomic mass is 10.1. The molecule has 6 aromatic rings. The van der Waals surface area contributed by atoms with Gasteiger partial charge in [0.1, 0.15) is 106 Å². The molecule has 6 aliphatic rings.